The van der Waals surface area contributed by atoms with Gasteiger partial charge >= 0.3 is 0 Å². The fourth-order valence-corrected chi connectivity index (χ4v) is 3.14. The minimum atomic E-state index is -0.258. The fraction of sp³-hybridized carbons (Fsp3) is 0.533. The molecule has 8 heteroatoms. The van der Waals surface area contributed by atoms with Gasteiger partial charge in [0, 0.05) is 12.4 Å². The van der Waals surface area contributed by atoms with Gasteiger partial charge in [0.2, 0.25) is 5.16 Å². The van der Waals surface area contributed by atoms with E-state index in [9.17, 15) is 4.39 Å². The number of hydrogen-bond donors (Lipinski definition) is 0. The molecule has 2 heterocycles. The third kappa shape index (κ3) is 4.90. The van der Waals surface area contributed by atoms with Crippen LogP contribution >= 0.6 is 11.8 Å². The molecule has 1 fully saturated rings. The Labute approximate surface area is 138 Å². The van der Waals surface area contributed by atoms with Crippen molar-refractivity contribution in [2.45, 2.75) is 37.1 Å². The minimum absolute atomic E-state index is 0.222. The van der Waals surface area contributed by atoms with Gasteiger partial charge in [-0.25, -0.2) is 9.07 Å². The zero-order valence-corrected chi connectivity index (χ0v) is 13.5. The average molecular weight is 338 g/mol. The fourth-order valence-electron chi connectivity index (χ4n) is 2.34. The number of ether oxygens (including phenoxy) is 2. The molecule has 1 atom stereocenters. The second-order valence-corrected chi connectivity index (χ2v) is 6.35. The molecule has 0 radical (unpaired) electrons. The Morgan fingerprint density at radius 3 is 3.00 bits per heavy atom. The first-order chi connectivity index (χ1) is 11.3. The van der Waals surface area contributed by atoms with Gasteiger partial charge in [0.05, 0.1) is 19.3 Å². The highest BCUT2D eigenvalue weighted by atomic mass is 32.2. The van der Waals surface area contributed by atoms with Crippen molar-refractivity contribution in [1.29, 1.82) is 0 Å². The quantitative estimate of drug-likeness (QED) is 0.544. The summed E-state index contributed by atoms with van der Waals surface area (Å²) in [6.07, 6.45) is 3.25. The van der Waals surface area contributed by atoms with E-state index in [4.69, 9.17) is 9.47 Å². The lowest BCUT2D eigenvalue weighted by molar-refractivity contribution is 0.0912. The summed E-state index contributed by atoms with van der Waals surface area (Å²) in [6.45, 7) is 2.11. The zero-order valence-electron chi connectivity index (χ0n) is 12.7. The van der Waals surface area contributed by atoms with Crippen LogP contribution in [0.2, 0.25) is 0 Å². The van der Waals surface area contributed by atoms with Crippen molar-refractivity contribution in [1.82, 2.24) is 20.2 Å². The van der Waals surface area contributed by atoms with E-state index in [-0.39, 0.29) is 11.9 Å². The van der Waals surface area contributed by atoms with Crippen molar-refractivity contribution < 1.29 is 13.9 Å². The lowest BCUT2D eigenvalue weighted by Crippen LogP contribution is -2.17. The van der Waals surface area contributed by atoms with Gasteiger partial charge in [-0.1, -0.05) is 11.8 Å². The maximum absolute atomic E-state index is 12.8. The van der Waals surface area contributed by atoms with E-state index in [0.29, 0.717) is 18.9 Å². The molecular weight excluding hydrogens is 319 g/mol. The maximum atomic E-state index is 12.8. The minimum Gasteiger partial charge on any atom is -0.494 e. The van der Waals surface area contributed by atoms with Crippen LogP contribution in [0.3, 0.4) is 0 Å². The molecule has 1 aromatic carbocycles. The Balaban J connectivity index is 1.37. The van der Waals surface area contributed by atoms with Crippen LogP contribution in [0.15, 0.2) is 29.4 Å². The van der Waals surface area contributed by atoms with E-state index in [0.717, 1.165) is 36.8 Å². The highest BCUT2D eigenvalue weighted by Crippen LogP contribution is 2.19. The average Bonchev–Trinajstić information content (AvgIpc) is 3.22. The third-order valence-electron chi connectivity index (χ3n) is 3.50. The molecule has 1 unspecified atom stereocenters. The summed E-state index contributed by atoms with van der Waals surface area (Å²) in [5, 5.41) is 12.6. The molecule has 3 rings (SSSR count). The number of halogens is 1. The summed E-state index contributed by atoms with van der Waals surface area (Å²) in [7, 11) is 0. The van der Waals surface area contributed by atoms with Crippen molar-refractivity contribution >= 4 is 11.8 Å². The van der Waals surface area contributed by atoms with Crippen LogP contribution in [0.25, 0.3) is 0 Å². The first-order valence-corrected chi connectivity index (χ1v) is 8.69. The molecule has 1 aliphatic heterocycles. The molecule has 0 amide bonds. The Morgan fingerprint density at radius 2 is 2.22 bits per heavy atom. The normalized spacial score (nSPS) is 17.5. The molecule has 1 aromatic heterocycles. The van der Waals surface area contributed by atoms with Crippen LogP contribution in [0, 0.1) is 5.82 Å². The monoisotopic (exact) mass is 338 g/mol. The molecule has 0 N–H and O–H groups in total. The van der Waals surface area contributed by atoms with E-state index in [1.807, 2.05) is 4.68 Å². The topological polar surface area (TPSA) is 62.1 Å². The highest BCUT2D eigenvalue weighted by Gasteiger charge is 2.18. The molecule has 6 nitrogen and oxygen atoms in total. The maximum Gasteiger partial charge on any atom is 0.209 e. The first-order valence-electron chi connectivity index (χ1n) is 7.70. The van der Waals surface area contributed by atoms with Crippen molar-refractivity contribution in [3.8, 4) is 5.75 Å². The number of tetrazole rings is 1. The van der Waals surface area contributed by atoms with Crippen molar-refractivity contribution in [3.05, 3.63) is 30.1 Å². The second-order valence-electron chi connectivity index (χ2n) is 5.28. The van der Waals surface area contributed by atoms with Crippen LogP contribution in [-0.2, 0) is 11.3 Å². The predicted molar refractivity (Wildman–Crippen MR) is 84.0 cm³/mol. The molecule has 0 bridgehead atoms. The van der Waals surface area contributed by atoms with Gasteiger partial charge in [0.15, 0.2) is 0 Å². The number of hydrogen-bond acceptors (Lipinski definition) is 6. The lowest BCUT2D eigenvalue weighted by atomic mass is 10.2. The molecule has 0 aliphatic carbocycles. The Kier molecular flexibility index (Phi) is 5.82. The van der Waals surface area contributed by atoms with Crippen LogP contribution in [-0.4, -0.2) is 45.3 Å². The smallest absolute Gasteiger partial charge is 0.209 e. The van der Waals surface area contributed by atoms with Gasteiger partial charge in [-0.15, -0.1) is 5.10 Å². The van der Waals surface area contributed by atoms with Gasteiger partial charge in [0.25, 0.3) is 0 Å². The number of rotatable bonds is 8. The highest BCUT2D eigenvalue weighted by molar-refractivity contribution is 7.99. The predicted octanol–water partition coefficient (Wildman–Crippen LogP) is 2.55. The summed E-state index contributed by atoms with van der Waals surface area (Å²) in [4.78, 5) is 0. The van der Waals surface area contributed by atoms with Gasteiger partial charge in [0.1, 0.15) is 11.6 Å². The van der Waals surface area contributed by atoms with Crippen LogP contribution in [0.1, 0.15) is 19.3 Å². The Bertz CT molecular complexity index is 602. The van der Waals surface area contributed by atoms with Gasteiger partial charge in [-0.2, -0.15) is 0 Å². The third-order valence-corrected chi connectivity index (χ3v) is 4.55. The van der Waals surface area contributed by atoms with Crippen molar-refractivity contribution in [2.24, 2.45) is 0 Å². The summed E-state index contributed by atoms with van der Waals surface area (Å²) in [6, 6.07) is 6.04. The number of aromatic nitrogens is 4. The number of thioether (sulfide) groups is 1. The van der Waals surface area contributed by atoms with Crippen LogP contribution < -0.4 is 4.74 Å². The molecule has 1 aliphatic rings. The molecule has 0 saturated carbocycles. The van der Waals surface area contributed by atoms with E-state index in [1.54, 1.807) is 23.9 Å². The molecule has 124 valence electrons. The molecule has 1 saturated heterocycles. The Hall–Kier alpha value is -1.67. The lowest BCUT2D eigenvalue weighted by Gasteiger charge is -2.10. The summed E-state index contributed by atoms with van der Waals surface area (Å²) in [5.41, 5.74) is 0. The van der Waals surface area contributed by atoms with E-state index in [2.05, 4.69) is 15.5 Å². The SMILES string of the molecule is Fc1ccc(OCCCSc2nnnn2CC2CCCO2)cc1. The molecule has 0 spiro atoms. The number of benzene rings is 1. The van der Waals surface area contributed by atoms with E-state index in [1.165, 1.54) is 12.1 Å². The van der Waals surface area contributed by atoms with Gasteiger partial charge < -0.3 is 9.47 Å². The van der Waals surface area contributed by atoms with Gasteiger partial charge in [-0.3, -0.25) is 0 Å². The molecule has 23 heavy (non-hydrogen) atoms. The second kappa shape index (κ2) is 8.26. The summed E-state index contributed by atoms with van der Waals surface area (Å²) >= 11 is 1.61. The van der Waals surface area contributed by atoms with E-state index < -0.39 is 0 Å². The first kappa shape index (κ1) is 16.2. The van der Waals surface area contributed by atoms with Crippen LogP contribution in [0.4, 0.5) is 4.39 Å². The van der Waals surface area contributed by atoms with E-state index >= 15 is 0 Å². The van der Waals surface area contributed by atoms with Crippen molar-refractivity contribution in [2.75, 3.05) is 19.0 Å². The van der Waals surface area contributed by atoms with Crippen LogP contribution in [0.5, 0.6) is 5.75 Å². The summed E-state index contributed by atoms with van der Waals surface area (Å²) < 4.78 is 25.8. The van der Waals surface area contributed by atoms with Crippen molar-refractivity contribution in [3.63, 3.8) is 0 Å². The largest absolute Gasteiger partial charge is 0.494 e. The summed E-state index contributed by atoms with van der Waals surface area (Å²) in [5.74, 6) is 1.28. The standard InChI is InChI=1S/C15H19FN4O2S/c16-12-4-6-13(7-5-12)21-9-2-10-23-15-17-18-19-20(15)11-14-3-1-8-22-14/h4-7,14H,1-3,8-11H2. The molecule has 2 aromatic rings. The Morgan fingerprint density at radius 1 is 1.35 bits per heavy atom. The number of nitrogens with zero attached hydrogens (tertiary/aromatic N) is 4. The van der Waals surface area contributed by atoms with Gasteiger partial charge in [-0.05, 0) is 54.0 Å². The zero-order chi connectivity index (χ0) is 15.9. The molecular formula is C15H19FN4O2S.